The maximum absolute atomic E-state index is 6.03. The van der Waals surface area contributed by atoms with Crippen LogP contribution in [-0.4, -0.2) is 0 Å². The second kappa shape index (κ2) is 4.35. The fourth-order valence-corrected chi connectivity index (χ4v) is 2.07. The predicted molar refractivity (Wildman–Crippen MR) is 64.2 cm³/mol. The van der Waals surface area contributed by atoms with E-state index >= 15 is 0 Å². The van der Waals surface area contributed by atoms with Crippen LogP contribution in [0.25, 0.3) is 0 Å². The highest BCUT2D eigenvalue weighted by Gasteiger charge is 2.19. The quantitative estimate of drug-likeness (QED) is 0.778. The summed E-state index contributed by atoms with van der Waals surface area (Å²) in [5.74, 6) is 0.993. The Labute approximate surface area is 91.3 Å². The third kappa shape index (κ3) is 2.30. The minimum Gasteiger partial charge on any atom is -0.402 e. The molecule has 1 aliphatic rings. The molecule has 0 amide bonds. The van der Waals surface area contributed by atoms with Crippen molar-refractivity contribution >= 4 is 0 Å². The topological polar surface area (TPSA) is 26.0 Å². The molecule has 0 saturated heterocycles. The third-order valence-electron chi connectivity index (χ3n) is 3.06. The Bertz CT molecular complexity index is 376. The molecule has 15 heavy (non-hydrogen) atoms. The van der Waals surface area contributed by atoms with Crippen LogP contribution in [0.3, 0.4) is 0 Å². The molecule has 1 aliphatic carbocycles. The number of nitrogens with two attached hydrogens (primary N) is 1. The molecular weight excluding hydrogens is 182 g/mol. The minimum absolute atomic E-state index is 0.456. The lowest BCUT2D eigenvalue weighted by Crippen LogP contribution is -2.22. The van der Waals surface area contributed by atoms with Gasteiger partial charge in [-0.2, -0.15) is 0 Å². The lowest BCUT2D eigenvalue weighted by Gasteiger charge is -2.24. The first-order valence-corrected chi connectivity index (χ1v) is 5.45. The van der Waals surface area contributed by atoms with Crippen molar-refractivity contribution in [3.05, 3.63) is 59.8 Å². The van der Waals surface area contributed by atoms with E-state index in [1.807, 2.05) is 12.1 Å². The van der Waals surface area contributed by atoms with E-state index in [1.165, 1.54) is 5.56 Å². The van der Waals surface area contributed by atoms with E-state index in [0.717, 1.165) is 12.1 Å². The third-order valence-corrected chi connectivity index (χ3v) is 3.06. The van der Waals surface area contributed by atoms with Crippen molar-refractivity contribution in [1.82, 2.24) is 0 Å². The van der Waals surface area contributed by atoms with Gasteiger partial charge in [0.2, 0.25) is 0 Å². The Morgan fingerprint density at radius 1 is 1.20 bits per heavy atom. The van der Waals surface area contributed by atoms with E-state index in [4.69, 9.17) is 5.73 Å². The first kappa shape index (κ1) is 10.0. The van der Waals surface area contributed by atoms with Crippen molar-refractivity contribution in [3.8, 4) is 0 Å². The average molecular weight is 199 g/mol. The molecule has 1 heteroatoms. The van der Waals surface area contributed by atoms with Crippen LogP contribution >= 0.6 is 0 Å². The summed E-state index contributed by atoms with van der Waals surface area (Å²) in [5.41, 5.74) is 8.40. The van der Waals surface area contributed by atoms with Crippen molar-refractivity contribution in [2.75, 3.05) is 0 Å². The van der Waals surface area contributed by atoms with E-state index in [-0.39, 0.29) is 0 Å². The summed E-state index contributed by atoms with van der Waals surface area (Å²) in [4.78, 5) is 0. The van der Waals surface area contributed by atoms with Crippen LogP contribution < -0.4 is 5.73 Å². The summed E-state index contributed by atoms with van der Waals surface area (Å²) >= 11 is 0. The summed E-state index contributed by atoms with van der Waals surface area (Å²) in [7, 11) is 0. The standard InChI is InChI=1S/C14H17N/c1-11-6-5-9-14(15)13(11)10-12-7-3-2-4-8-12/h2-9,11,13H,10,15H2,1H3. The maximum atomic E-state index is 6.03. The smallest absolute Gasteiger partial charge is 0.0121 e. The summed E-state index contributed by atoms with van der Waals surface area (Å²) in [5, 5.41) is 0. The molecule has 78 valence electrons. The molecule has 2 N–H and O–H groups in total. The number of hydrogen-bond donors (Lipinski definition) is 1. The Balaban J connectivity index is 2.12. The van der Waals surface area contributed by atoms with Crippen molar-refractivity contribution in [2.24, 2.45) is 17.6 Å². The van der Waals surface area contributed by atoms with E-state index in [1.54, 1.807) is 0 Å². The Morgan fingerprint density at radius 2 is 1.93 bits per heavy atom. The van der Waals surface area contributed by atoms with Gasteiger partial charge in [0.15, 0.2) is 0 Å². The van der Waals surface area contributed by atoms with Crippen LogP contribution in [0.2, 0.25) is 0 Å². The van der Waals surface area contributed by atoms with Gasteiger partial charge in [-0.05, 0) is 24.0 Å². The zero-order valence-corrected chi connectivity index (χ0v) is 9.06. The highest BCUT2D eigenvalue weighted by Crippen LogP contribution is 2.26. The molecule has 0 radical (unpaired) electrons. The first-order valence-electron chi connectivity index (χ1n) is 5.45. The van der Waals surface area contributed by atoms with Crippen LogP contribution in [0.4, 0.5) is 0 Å². The van der Waals surface area contributed by atoms with Crippen molar-refractivity contribution < 1.29 is 0 Å². The van der Waals surface area contributed by atoms with Crippen molar-refractivity contribution in [3.63, 3.8) is 0 Å². The van der Waals surface area contributed by atoms with E-state index < -0.39 is 0 Å². The normalized spacial score (nSPS) is 25.0. The van der Waals surface area contributed by atoms with Gasteiger partial charge in [-0.1, -0.05) is 49.4 Å². The zero-order chi connectivity index (χ0) is 10.7. The summed E-state index contributed by atoms with van der Waals surface area (Å²) in [6.07, 6.45) is 7.34. The van der Waals surface area contributed by atoms with E-state index in [2.05, 4.69) is 43.3 Å². The number of allylic oxidation sites excluding steroid dienone is 4. The molecule has 0 bridgehead atoms. The molecular formula is C14H17N. The molecule has 0 spiro atoms. The second-order valence-corrected chi connectivity index (χ2v) is 4.21. The van der Waals surface area contributed by atoms with Gasteiger partial charge in [0.25, 0.3) is 0 Å². The van der Waals surface area contributed by atoms with E-state index in [0.29, 0.717) is 11.8 Å². The SMILES string of the molecule is CC1C=CC=C(N)C1Cc1ccccc1. The van der Waals surface area contributed by atoms with Gasteiger partial charge >= 0.3 is 0 Å². The van der Waals surface area contributed by atoms with Crippen molar-refractivity contribution in [2.45, 2.75) is 13.3 Å². The van der Waals surface area contributed by atoms with Gasteiger partial charge in [-0.15, -0.1) is 0 Å². The minimum atomic E-state index is 0.456. The van der Waals surface area contributed by atoms with Crippen LogP contribution in [0, 0.1) is 11.8 Å². The Morgan fingerprint density at radius 3 is 2.60 bits per heavy atom. The van der Waals surface area contributed by atoms with Gasteiger partial charge in [-0.3, -0.25) is 0 Å². The van der Waals surface area contributed by atoms with Crippen LogP contribution in [0.5, 0.6) is 0 Å². The van der Waals surface area contributed by atoms with Crippen molar-refractivity contribution in [1.29, 1.82) is 0 Å². The molecule has 2 atom stereocenters. The van der Waals surface area contributed by atoms with Gasteiger partial charge in [0.05, 0.1) is 0 Å². The predicted octanol–water partition coefficient (Wildman–Crippen LogP) is 2.89. The maximum Gasteiger partial charge on any atom is 0.0121 e. The van der Waals surface area contributed by atoms with Gasteiger partial charge in [0, 0.05) is 11.6 Å². The number of hydrogen-bond acceptors (Lipinski definition) is 1. The Hall–Kier alpha value is -1.50. The summed E-state index contributed by atoms with van der Waals surface area (Å²) in [6, 6.07) is 10.5. The molecule has 1 aromatic carbocycles. The van der Waals surface area contributed by atoms with Crippen LogP contribution in [0.15, 0.2) is 54.3 Å². The first-order chi connectivity index (χ1) is 7.27. The molecule has 0 aromatic heterocycles. The fourth-order valence-electron chi connectivity index (χ4n) is 2.07. The van der Waals surface area contributed by atoms with Gasteiger partial charge in [-0.25, -0.2) is 0 Å². The molecule has 2 rings (SSSR count). The number of benzene rings is 1. The molecule has 1 nitrogen and oxygen atoms in total. The molecule has 0 aliphatic heterocycles. The largest absolute Gasteiger partial charge is 0.402 e. The average Bonchev–Trinajstić information content (AvgIpc) is 2.25. The van der Waals surface area contributed by atoms with Gasteiger partial charge < -0.3 is 5.73 Å². The summed E-state index contributed by atoms with van der Waals surface area (Å²) in [6.45, 7) is 2.23. The molecule has 0 heterocycles. The monoisotopic (exact) mass is 199 g/mol. The number of rotatable bonds is 2. The fraction of sp³-hybridized carbons (Fsp3) is 0.286. The van der Waals surface area contributed by atoms with Crippen LogP contribution in [-0.2, 0) is 6.42 Å². The lowest BCUT2D eigenvalue weighted by molar-refractivity contribution is 0.472. The van der Waals surface area contributed by atoms with E-state index in [9.17, 15) is 0 Å². The second-order valence-electron chi connectivity index (χ2n) is 4.21. The van der Waals surface area contributed by atoms with Crippen LogP contribution in [0.1, 0.15) is 12.5 Å². The van der Waals surface area contributed by atoms with Gasteiger partial charge in [0.1, 0.15) is 0 Å². The summed E-state index contributed by atoms with van der Waals surface area (Å²) < 4.78 is 0. The lowest BCUT2D eigenvalue weighted by atomic mass is 9.83. The molecule has 1 aromatic rings. The highest BCUT2D eigenvalue weighted by molar-refractivity contribution is 5.24. The highest BCUT2D eigenvalue weighted by atomic mass is 14.6. The zero-order valence-electron chi connectivity index (χ0n) is 9.06. The molecule has 2 unspecified atom stereocenters. The molecule has 0 saturated carbocycles. The molecule has 0 fully saturated rings. The Kier molecular flexibility index (Phi) is 2.91.